The van der Waals surface area contributed by atoms with Crippen LogP contribution in [0, 0.1) is 0 Å². The van der Waals surface area contributed by atoms with Gasteiger partial charge in [-0.25, -0.2) is 0 Å². The molecule has 0 spiro atoms. The van der Waals surface area contributed by atoms with Crippen LogP contribution in [-0.2, 0) is 6.61 Å². The van der Waals surface area contributed by atoms with Crippen LogP contribution >= 0.6 is 0 Å². The molecule has 0 aliphatic rings. The summed E-state index contributed by atoms with van der Waals surface area (Å²) in [4.78, 5) is 14.7. The average molecular weight is 213 g/mol. The van der Waals surface area contributed by atoms with Crippen molar-refractivity contribution < 1.29 is 9.90 Å². The topological polar surface area (TPSA) is 50.2 Å². The Bertz CT molecular complexity index is 492. The first-order valence-electron chi connectivity index (χ1n) is 4.95. The van der Waals surface area contributed by atoms with Gasteiger partial charge >= 0.3 is 0 Å². The Labute approximate surface area is 93.4 Å². The van der Waals surface area contributed by atoms with E-state index in [4.69, 9.17) is 5.11 Å². The number of aliphatic hydroxyl groups excluding tert-OH is 1. The molecule has 0 aliphatic carbocycles. The summed E-state index contributed by atoms with van der Waals surface area (Å²) in [6.45, 7) is -0.0609. The van der Waals surface area contributed by atoms with Crippen LogP contribution in [-0.4, -0.2) is 16.4 Å². The van der Waals surface area contributed by atoms with Crippen LogP contribution in [0.5, 0.6) is 0 Å². The van der Waals surface area contributed by atoms with Gasteiger partial charge in [-0.15, -0.1) is 0 Å². The molecule has 0 radical (unpaired) electrons. The van der Waals surface area contributed by atoms with Crippen LogP contribution < -0.4 is 0 Å². The molecule has 0 aliphatic heterocycles. The Hall–Kier alpha value is -2.00. The third kappa shape index (κ3) is 2.15. The largest absolute Gasteiger partial charge is 0.390 e. The maximum absolute atomic E-state index is 10.6. The van der Waals surface area contributed by atoms with Crippen LogP contribution in [0.1, 0.15) is 16.1 Å². The summed E-state index contributed by atoms with van der Waals surface area (Å²) in [5.74, 6) is 0. The Balaban J connectivity index is 2.38. The molecule has 80 valence electrons. The molecule has 3 nitrogen and oxygen atoms in total. The third-order valence-corrected chi connectivity index (χ3v) is 2.34. The Morgan fingerprint density at radius 2 is 2.06 bits per heavy atom. The first kappa shape index (κ1) is 10.5. The molecule has 0 saturated carbocycles. The molecule has 1 aromatic carbocycles. The van der Waals surface area contributed by atoms with E-state index in [0.717, 1.165) is 17.4 Å². The van der Waals surface area contributed by atoms with Crippen molar-refractivity contribution in [2.24, 2.45) is 0 Å². The maximum Gasteiger partial charge on any atom is 0.150 e. The Morgan fingerprint density at radius 3 is 2.69 bits per heavy atom. The summed E-state index contributed by atoms with van der Waals surface area (Å²) in [7, 11) is 0. The van der Waals surface area contributed by atoms with Gasteiger partial charge in [0.05, 0.1) is 12.3 Å². The number of aldehydes is 1. The lowest BCUT2D eigenvalue weighted by atomic mass is 10.1. The molecular formula is C13H11NO2. The summed E-state index contributed by atoms with van der Waals surface area (Å²) in [6, 6.07) is 11.0. The number of nitrogens with zero attached hydrogens (tertiary/aromatic N) is 1. The zero-order chi connectivity index (χ0) is 11.4. The number of aromatic nitrogens is 1. The van der Waals surface area contributed by atoms with Crippen molar-refractivity contribution >= 4 is 6.29 Å². The lowest BCUT2D eigenvalue weighted by molar-refractivity contribution is 0.112. The van der Waals surface area contributed by atoms with Gasteiger partial charge in [0.15, 0.2) is 0 Å². The molecule has 0 amide bonds. The minimum atomic E-state index is -0.0609. The van der Waals surface area contributed by atoms with E-state index in [1.165, 1.54) is 0 Å². The monoisotopic (exact) mass is 213 g/mol. The van der Waals surface area contributed by atoms with Crippen LogP contribution in [0.2, 0.25) is 0 Å². The fourth-order valence-corrected chi connectivity index (χ4v) is 1.48. The van der Waals surface area contributed by atoms with E-state index in [1.54, 1.807) is 18.3 Å². The summed E-state index contributed by atoms with van der Waals surface area (Å²) in [6.07, 6.45) is 2.51. The normalized spacial score (nSPS) is 10.1. The number of carbonyl (C=O) groups is 1. The minimum absolute atomic E-state index is 0.0609. The predicted molar refractivity (Wildman–Crippen MR) is 61.0 cm³/mol. The summed E-state index contributed by atoms with van der Waals surface area (Å²) < 4.78 is 0. The number of hydrogen-bond acceptors (Lipinski definition) is 3. The van der Waals surface area contributed by atoms with E-state index in [-0.39, 0.29) is 6.61 Å². The lowest BCUT2D eigenvalue weighted by Gasteiger charge is -2.02. The van der Waals surface area contributed by atoms with Crippen LogP contribution in [0.3, 0.4) is 0 Å². The number of rotatable bonds is 3. The van der Waals surface area contributed by atoms with Gasteiger partial charge in [-0.3, -0.25) is 9.78 Å². The molecular weight excluding hydrogens is 202 g/mol. The van der Waals surface area contributed by atoms with Gasteiger partial charge in [0.2, 0.25) is 0 Å². The fraction of sp³-hybridized carbons (Fsp3) is 0.0769. The van der Waals surface area contributed by atoms with Crippen molar-refractivity contribution in [2.75, 3.05) is 0 Å². The zero-order valence-corrected chi connectivity index (χ0v) is 8.63. The molecule has 0 atom stereocenters. The Morgan fingerprint density at radius 1 is 1.19 bits per heavy atom. The van der Waals surface area contributed by atoms with E-state index in [9.17, 15) is 4.79 Å². The Kier molecular flexibility index (Phi) is 3.08. The third-order valence-electron chi connectivity index (χ3n) is 2.34. The van der Waals surface area contributed by atoms with Gasteiger partial charge in [-0.2, -0.15) is 0 Å². The molecule has 1 N–H and O–H groups in total. The van der Waals surface area contributed by atoms with E-state index >= 15 is 0 Å². The van der Waals surface area contributed by atoms with Gasteiger partial charge in [0, 0.05) is 17.3 Å². The van der Waals surface area contributed by atoms with E-state index in [1.807, 2.05) is 24.3 Å². The number of carbonyl (C=O) groups excluding carboxylic acids is 1. The van der Waals surface area contributed by atoms with Crippen molar-refractivity contribution in [1.82, 2.24) is 4.98 Å². The SMILES string of the molecule is O=Cc1cccc(-c2ccc(CO)nc2)c1. The van der Waals surface area contributed by atoms with Crippen molar-refractivity contribution in [3.05, 3.63) is 53.9 Å². The predicted octanol–water partition coefficient (Wildman–Crippen LogP) is 2.05. The summed E-state index contributed by atoms with van der Waals surface area (Å²) in [5.41, 5.74) is 3.15. The van der Waals surface area contributed by atoms with Crippen LogP contribution in [0.4, 0.5) is 0 Å². The van der Waals surface area contributed by atoms with E-state index in [2.05, 4.69) is 4.98 Å². The molecule has 2 rings (SSSR count). The average Bonchev–Trinajstić information content (AvgIpc) is 2.39. The number of aliphatic hydroxyl groups is 1. The second kappa shape index (κ2) is 4.68. The van der Waals surface area contributed by atoms with E-state index < -0.39 is 0 Å². The summed E-state index contributed by atoms with van der Waals surface area (Å²) >= 11 is 0. The molecule has 0 unspecified atom stereocenters. The van der Waals surface area contributed by atoms with Gasteiger partial charge in [-0.05, 0) is 17.7 Å². The maximum atomic E-state index is 10.6. The molecule has 0 bridgehead atoms. The first-order valence-corrected chi connectivity index (χ1v) is 4.95. The molecule has 16 heavy (non-hydrogen) atoms. The van der Waals surface area contributed by atoms with Gasteiger partial charge in [0.25, 0.3) is 0 Å². The second-order valence-electron chi connectivity index (χ2n) is 3.44. The minimum Gasteiger partial charge on any atom is -0.390 e. The first-order chi connectivity index (χ1) is 7.83. The van der Waals surface area contributed by atoms with Gasteiger partial charge in [-0.1, -0.05) is 24.3 Å². The van der Waals surface area contributed by atoms with E-state index in [0.29, 0.717) is 11.3 Å². The molecule has 1 aromatic heterocycles. The highest BCUT2D eigenvalue weighted by molar-refractivity contribution is 5.78. The molecule has 3 heteroatoms. The smallest absolute Gasteiger partial charge is 0.150 e. The highest BCUT2D eigenvalue weighted by Crippen LogP contribution is 2.19. The zero-order valence-electron chi connectivity index (χ0n) is 8.63. The molecule has 0 saturated heterocycles. The number of pyridine rings is 1. The van der Waals surface area contributed by atoms with Gasteiger partial charge in [0.1, 0.15) is 6.29 Å². The molecule has 2 aromatic rings. The van der Waals surface area contributed by atoms with Crippen molar-refractivity contribution in [3.8, 4) is 11.1 Å². The quantitative estimate of drug-likeness (QED) is 0.794. The molecule has 0 fully saturated rings. The molecule has 1 heterocycles. The second-order valence-corrected chi connectivity index (χ2v) is 3.44. The van der Waals surface area contributed by atoms with Crippen molar-refractivity contribution in [1.29, 1.82) is 0 Å². The van der Waals surface area contributed by atoms with Crippen LogP contribution in [0.15, 0.2) is 42.6 Å². The fourth-order valence-electron chi connectivity index (χ4n) is 1.48. The highest BCUT2D eigenvalue weighted by atomic mass is 16.3. The highest BCUT2D eigenvalue weighted by Gasteiger charge is 1.99. The lowest BCUT2D eigenvalue weighted by Crippen LogP contribution is -1.89. The van der Waals surface area contributed by atoms with Gasteiger partial charge < -0.3 is 5.11 Å². The number of benzene rings is 1. The summed E-state index contributed by atoms with van der Waals surface area (Å²) in [5, 5.41) is 8.87. The van der Waals surface area contributed by atoms with Crippen LogP contribution in [0.25, 0.3) is 11.1 Å². The van der Waals surface area contributed by atoms with Crippen molar-refractivity contribution in [2.45, 2.75) is 6.61 Å². The standard InChI is InChI=1S/C13H11NO2/c15-8-10-2-1-3-11(6-10)12-4-5-13(9-16)14-7-12/h1-8,16H,9H2. The van der Waals surface area contributed by atoms with Crippen molar-refractivity contribution in [3.63, 3.8) is 0 Å². The number of hydrogen-bond donors (Lipinski definition) is 1.